The van der Waals surface area contributed by atoms with E-state index >= 15 is 0 Å². The molecule has 2 atom stereocenters. The van der Waals surface area contributed by atoms with Gasteiger partial charge in [0.25, 0.3) is 5.91 Å². The number of hydrogen-bond acceptors (Lipinski definition) is 4. The summed E-state index contributed by atoms with van der Waals surface area (Å²) < 4.78 is 1.71. The van der Waals surface area contributed by atoms with Crippen LogP contribution in [0.25, 0.3) is 0 Å². The van der Waals surface area contributed by atoms with Crippen LogP contribution in [0.15, 0.2) is 48.9 Å². The van der Waals surface area contributed by atoms with Crippen LogP contribution in [0.4, 0.5) is 5.69 Å². The molecular formula is C23H23N5O2. The molecule has 1 fully saturated rings. The van der Waals surface area contributed by atoms with Crippen LogP contribution in [0.3, 0.4) is 0 Å². The van der Waals surface area contributed by atoms with Crippen molar-refractivity contribution in [1.82, 2.24) is 19.7 Å². The molecule has 3 aromatic rings. The van der Waals surface area contributed by atoms with Gasteiger partial charge in [0.1, 0.15) is 5.41 Å². The number of nitrogens with zero attached hydrogens (tertiary/aromatic N) is 4. The number of hydrogen-bond donors (Lipinski definition) is 1. The van der Waals surface area contributed by atoms with Gasteiger partial charge in [0.15, 0.2) is 0 Å². The molecular weight excluding hydrogens is 378 g/mol. The van der Waals surface area contributed by atoms with Gasteiger partial charge in [-0.2, -0.15) is 5.10 Å². The first kappa shape index (κ1) is 18.5. The normalized spacial score (nSPS) is 22.4. The summed E-state index contributed by atoms with van der Waals surface area (Å²) >= 11 is 0. The summed E-state index contributed by atoms with van der Waals surface area (Å²) in [5, 5.41) is 7.36. The molecule has 0 unspecified atom stereocenters. The lowest BCUT2D eigenvalue weighted by molar-refractivity contribution is -0.121. The summed E-state index contributed by atoms with van der Waals surface area (Å²) in [4.78, 5) is 33.1. The molecule has 2 aliphatic heterocycles. The van der Waals surface area contributed by atoms with Gasteiger partial charge >= 0.3 is 0 Å². The Kier molecular flexibility index (Phi) is 4.03. The lowest BCUT2D eigenvalue weighted by Crippen LogP contribution is -2.42. The van der Waals surface area contributed by atoms with Crippen molar-refractivity contribution in [2.45, 2.75) is 31.7 Å². The van der Waals surface area contributed by atoms with Gasteiger partial charge in [0.2, 0.25) is 5.91 Å². The molecule has 2 aliphatic rings. The fourth-order valence-electron chi connectivity index (χ4n) is 4.88. The largest absolute Gasteiger partial charge is 0.330 e. The number of fused-ring (bicyclic) bond motifs is 2. The van der Waals surface area contributed by atoms with E-state index in [0.717, 1.165) is 28.1 Å². The quantitative estimate of drug-likeness (QED) is 0.716. The zero-order valence-electron chi connectivity index (χ0n) is 17.2. The van der Waals surface area contributed by atoms with E-state index in [2.05, 4.69) is 15.4 Å². The number of likely N-dealkylation sites (tertiary alicyclic amines) is 1. The molecule has 2 amide bonds. The standard InChI is InChI=1S/C23H23N5O2/c1-14-10-16(11-24-15(14)2)21(29)28-9-8-23(20(28)17-12-25-27(3)13-17)18-6-4-5-7-19(18)26-22(23)30/h4-7,10-13,20H,8-9H2,1-3H3,(H,26,30)/t20-,23+/m0/s1. The van der Waals surface area contributed by atoms with Crippen molar-refractivity contribution in [1.29, 1.82) is 0 Å². The third kappa shape index (κ3) is 2.51. The van der Waals surface area contributed by atoms with Gasteiger partial charge in [-0.25, -0.2) is 0 Å². The highest BCUT2D eigenvalue weighted by molar-refractivity contribution is 6.08. The average molecular weight is 401 g/mol. The van der Waals surface area contributed by atoms with Gasteiger partial charge in [0, 0.05) is 42.9 Å². The molecule has 30 heavy (non-hydrogen) atoms. The van der Waals surface area contributed by atoms with Gasteiger partial charge < -0.3 is 10.2 Å². The SMILES string of the molecule is Cc1cc(C(=O)N2CC[C@]3(C(=O)Nc4ccccc43)[C@@H]2c2cnn(C)c2)cnc1C. The molecule has 1 aromatic carbocycles. The maximum Gasteiger partial charge on any atom is 0.255 e. The van der Waals surface area contributed by atoms with Crippen LogP contribution in [-0.4, -0.2) is 38.0 Å². The van der Waals surface area contributed by atoms with Crippen LogP contribution in [0.1, 0.15) is 45.2 Å². The van der Waals surface area contributed by atoms with Crippen molar-refractivity contribution >= 4 is 17.5 Å². The Morgan fingerprint density at radius 3 is 2.77 bits per heavy atom. The van der Waals surface area contributed by atoms with Crippen LogP contribution >= 0.6 is 0 Å². The third-order valence-corrected chi connectivity index (χ3v) is 6.47. The summed E-state index contributed by atoms with van der Waals surface area (Å²) in [6, 6.07) is 9.19. The molecule has 0 radical (unpaired) electrons. The molecule has 4 heterocycles. The molecule has 1 N–H and O–H groups in total. The molecule has 1 spiro atoms. The first-order valence-corrected chi connectivity index (χ1v) is 10.1. The van der Waals surface area contributed by atoms with E-state index in [9.17, 15) is 9.59 Å². The summed E-state index contributed by atoms with van der Waals surface area (Å²) in [5.41, 5.74) is 4.19. The predicted octanol–water partition coefficient (Wildman–Crippen LogP) is 2.91. The van der Waals surface area contributed by atoms with E-state index in [1.54, 1.807) is 17.1 Å². The molecule has 0 bridgehead atoms. The molecule has 1 saturated heterocycles. The number of benzene rings is 1. The lowest BCUT2D eigenvalue weighted by atomic mass is 9.73. The van der Waals surface area contributed by atoms with Gasteiger partial charge in [0.05, 0.1) is 17.8 Å². The Bertz CT molecular complexity index is 1180. The van der Waals surface area contributed by atoms with Gasteiger partial charge in [-0.15, -0.1) is 0 Å². The third-order valence-electron chi connectivity index (χ3n) is 6.47. The zero-order chi connectivity index (χ0) is 21.0. The highest BCUT2D eigenvalue weighted by Gasteiger charge is 2.59. The number of pyridine rings is 1. The highest BCUT2D eigenvalue weighted by atomic mass is 16.2. The van der Waals surface area contributed by atoms with Crippen molar-refractivity contribution in [3.8, 4) is 0 Å². The van der Waals surface area contributed by atoms with Crippen LogP contribution < -0.4 is 5.32 Å². The van der Waals surface area contributed by atoms with Crippen LogP contribution in [0.5, 0.6) is 0 Å². The summed E-state index contributed by atoms with van der Waals surface area (Å²) in [5.74, 6) is -0.181. The van der Waals surface area contributed by atoms with Crippen LogP contribution in [-0.2, 0) is 17.3 Å². The van der Waals surface area contributed by atoms with Crippen molar-refractivity contribution in [3.63, 3.8) is 0 Å². The molecule has 0 aliphatic carbocycles. The number of aromatic nitrogens is 3. The number of carbonyl (C=O) groups excluding carboxylic acids is 2. The fourth-order valence-corrected chi connectivity index (χ4v) is 4.88. The Hall–Kier alpha value is -3.48. The summed E-state index contributed by atoms with van der Waals surface area (Å²) in [7, 11) is 1.84. The minimum Gasteiger partial charge on any atom is -0.330 e. The molecule has 152 valence electrons. The van der Waals surface area contributed by atoms with E-state index in [4.69, 9.17) is 0 Å². The molecule has 7 heteroatoms. The Labute approximate surface area is 174 Å². The number of amides is 2. The Morgan fingerprint density at radius 2 is 2.03 bits per heavy atom. The van der Waals surface area contributed by atoms with Gasteiger partial charge in [-0.05, 0) is 43.5 Å². The lowest BCUT2D eigenvalue weighted by Gasteiger charge is -2.33. The highest BCUT2D eigenvalue weighted by Crippen LogP contribution is 2.54. The summed E-state index contributed by atoms with van der Waals surface area (Å²) in [6.45, 7) is 4.35. The second-order valence-corrected chi connectivity index (χ2v) is 8.20. The minimum absolute atomic E-state index is 0.0638. The summed E-state index contributed by atoms with van der Waals surface area (Å²) in [6.07, 6.45) is 5.83. The number of aryl methyl sites for hydroxylation is 3. The monoisotopic (exact) mass is 401 g/mol. The van der Waals surface area contributed by atoms with E-state index in [1.165, 1.54) is 0 Å². The second-order valence-electron chi connectivity index (χ2n) is 8.20. The smallest absolute Gasteiger partial charge is 0.255 e. The van der Waals surface area contributed by atoms with E-state index < -0.39 is 11.5 Å². The Morgan fingerprint density at radius 1 is 1.23 bits per heavy atom. The maximum absolute atomic E-state index is 13.6. The fraction of sp³-hybridized carbons (Fsp3) is 0.304. The number of carbonyl (C=O) groups is 2. The molecule has 0 saturated carbocycles. The number of anilines is 1. The molecule has 5 rings (SSSR count). The molecule has 7 nitrogen and oxygen atoms in total. The van der Waals surface area contributed by atoms with Crippen molar-refractivity contribution < 1.29 is 9.59 Å². The maximum atomic E-state index is 13.6. The van der Waals surface area contributed by atoms with E-state index in [1.807, 2.05) is 62.3 Å². The van der Waals surface area contributed by atoms with Crippen LogP contribution in [0, 0.1) is 13.8 Å². The van der Waals surface area contributed by atoms with E-state index in [0.29, 0.717) is 18.5 Å². The number of nitrogens with one attached hydrogen (secondary N) is 1. The average Bonchev–Trinajstić information content (AvgIpc) is 3.41. The number of para-hydroxylation sites is 1. The first-order valence-electron chi connectivity index (χ1n) is 10.1. The number of rotatable bonds is 2. The van der Waals surface area contributed by atoms with E-state index in [-0.39, 0.29) is 11.8 Å². The Balaban J connectivity index is 1.65. The topological polar surface area (TPSA) is 80.1 Å². The minimum atomic E-state index is -0.831. The van der Waals surface area contributed by atoms with Crippen molar-refractivity contribution in [3.05, 3.63) is 76.9 Å². The predicted molar refractivity (Wildman–Crippen MR) is 112 cm³/mol. The van der Waals surface area contributed by atoms with Crippen LogP contribution in [0.2, 0.25) is 0 Å². The van der Waals surface area contributed by atoms with Gasteiger partial charge in [-0.1, -0.05) is 18.2 Å². The van der Waals surface area contributed by atoms with Crippen molar-refractivity contribution in [2.24, 2.45) is 7.05 Å². The second kappa shape index (κ2) is 6.52. The van der Waals surface area contributed by atoms with Crippen molar-refractivity contribution in [2.75, 3.05) is 11.9 Å². The first-order chi connectivity index (χ1) is 14.4. The molecule has 2 aromatic heterocycles. The zero-order valence-corrected chi connectivity index (χ0v) is 17.2. The van der Waals surface area contributed by atoms with Gasteiger partial charge in [-0.3, -0.25) is 19.3 Å².